The van der Waals surface area contributed by atoms with E-state index in [4.69, 9.17) is 0 Å². The monoisotopic (exact) mass is 220 g/mol. The molecule has 0 aliphatic rings. The molecule has 0 fully saturated rings. The number of hydrogen-bond acceptors (Lipinski definition) is 2. The first-order valence-corrected chi connectivity index (χ1v) is 6.26. The SMILES string of the molecule is CCC(CNC)CNCCc1ccccc1. The van der Waals surface area contributed by atoms with Crippen LogP contribution in [0.3, 0.4) is 0 Å². The summed E-state index contributed by atoms with van der Waals surface area (Å²) in [6, 6.07) is 10.6. The van der Waals surface area contributed by atoms with Gasteiger partial charge in [0.1, 0.15) is 0 Å². The van der Waals surface area contributed by atoms with Gasteiger partial charge in [0.25, 0.3) is 0 Å². The largest absolute Gasteiger partial charge is 0.319 e. The van der Waals surface area contributed by atoms with Gasteiger partial charge < -0.3 is 10.6 Å². The highest BCUT2D eigenvalue weighted by atomic mass is 14.9. The van der Waals surface area contributed by atoms with Gasteiger partial charge in [-0.05, 0) is 44.6 Å². The van der Waals surface area contributed by atoms with E-state index in [0.29, 0.717) is 0 Å². The van der Waals surface area contributed by atoms with Crippen molar-refractivity contribution >= 4 is 0 Å². The number of benzene rings is 1. The van der Waals surface area contributed by atoms with Crippen molar-refractivity contribution in [1.29, 1.82) is 0 Å². The van der Waals surface area contributed by atoms with Crippen LogP contribution in [0.4, 0.5) is 0 Å². The van der Waals surface area contributed by atoms with Gasteiger partial charge in [-0.3, -0.25) is 0 Å². The van der Waals surface area contributed by atoms with Crippen LogP contribution >= 0.6 is 0 Å². The Bertz CT molecular complexity index is 259. The van der Waals surface area contributed by atoms with Gasteiger partial charge in [-0.2, -0.15) is 0 Å². The lowest BCUT2D eigenvalue weighted by atomic mass is 10.1. The van der Waals surface area contributed by atoms with Crippen molar-refractivity contribution in [3.63, 3.8) is 0 Å². The molecule has 0 bridgehead atoms. The Hall–Kier alpha value is -0.860. The van der Waals surface area contributed by atoms with Crippen LogP contribution in [0.1, 0.15) is 18.9 Å². The summed E-state index contributed by atoms with van der Waals surface area (Å²) in [4.78, 5) is 0. The van der Waals surface area contributed by atoms with Crippen molar-refractivity contribution in [1.82, 2.24) is 10.6 Å². The van der Waals surface area contributed by atoms with E-state index in [1.807, 2.05) is 7.05 Å². The third-order valence-corrected chi connectivity index (χ3v) is 2.94. The minimum Gasteiger partial charge on any atom is -0.319 e. The zero-order valence-electron chi connectivity index (χ0n) is 10.5. The Morgan fingerprint density at radius 1 is 1.12 bits per heavy atom. The van der Waals surface area contributed by atoms with Crippen LogP contribution < -0.4 is 10.6 Å². The number of nitrogens with one attached hydrogen (secondary N) is 2. The summed E-state index contributed by atoms with van der Waals surface area (Å²) < 4.78 is 0. The summed E-state index contributed by atoms with van der Waals surface area (Å²) in [5.74, 6) is 0.751. The van der Waals surface area contributed by atoms with Gasteiger partial charge in [0.2, 0.25) is 0 Å². The van der Waals surface area contributed by atoms with E-state index in [2.05, 4.69) is 47.9 Å². The minimum absolute atomic E-state index is 0.751. The van der Waals surface area contributed by atoms with Crippen molar-refractivity contribution in [3.05, 3.63) is 35.9 Å². The third-order valence-electron chi connectivity index (χ3n) is 2.94. The fraction of sp³-hybridized carbons (Fsp3) is 0.571. The van der Waals surface area contributed by atoms with Gasteiger partial charge in [0.15, 0.2) is 0 Å². The molecule has 0 aliphatic heterocycles. The van der Waals surface area contributed by atoms with E-state index in [0.717, 1.165) is 32.0 Å². The first-order chi connectivity index (χ1) is 7.86. The second-order valence-electron chi connectivity index (χ2n) is 4.27. The first-order valence-electron chi connectivity index (χ1n) is 6.26. The van der Waals surface area contributed by atoms with Crippen LogP contribution in [0.2, 0.25) is 0 Å². The van der Waals surface area contributed by atoms with Gasteiger partial charge >= 0.3 is 0 Å². The van der Waals surface area contributed by atoms with Gasteiger partial charge in [-0.15, -0.1) is 0 Å². The van der Waals surface area contributed by atoms with Gasteiger partial charge in [-0.1, -0.05) is 43.7 Å². The van der Waals surface area contributed by atoms with E-state index >= 15 is 0 Å². The molecule has 0 saturated heterocycles. The summed E-state index contributed by atoms with van der Waals surface area (Å²) in [6.07, 6.45) is 2.36. The van der Waals surface area contributed by atoms with E-state index in [9.17, 15) is 0 Å². The lowest BCUT2D eigenvalue weighted by Crippen LogP contribution is -2.30. The van der Waals surface area contributed by atoms with Crippen molar-refractivity contribution in [2.45, 2.75) is 19.8 Å². The quantitative estimate of drug-likeness (QED) is 0.655. The van der Waals surface area contributed by atoms with Crippen LogP contribution in [0.25, 0.3) is 0 Å². The predicted molar refractivity (Wildman–Crippen MR) is 70.7 cm³/mol. The smallest absolute Gasteiger partial charge is 0.000823 e. The molecule has 1 atom stereocenters. The molecule has 0 saturated carbocycles. The highest BCUT2D eigenvalue weighted by Crippen LogP contribution is 2.00. The summed E-state index contributed by atoms with van der Waals surface area (Å²) in [7, 11) is 2.02. The highest BCUT2D eigenvalue weighted by Gasteiger charge is 2.03. The average molecular weight is 220 g/mol. The standard InChI is InChI=1S/C14H24N2/c1-3-13(11-15-2)12-16-10-9-14-7-5-4-6-8-14/h4-8,13,15-16H,3,9-12H2,1-2H3. The fourth-order valence-electron chi connectivity index (χ4n) is 1.83. The predicted octanol–water partition coefficient (Wildman–Crippen LogP) is 2.06. The molecule has 2 heteroatoms. The fourth-order valence-corrected chi connectivity index (χ4v) is 1.83. The molecule has 0 radical (unpaired) electrons. The maximum atomic E-state index is 3.53. The molecule has 0 spiro atoms. The van der Waals surface area contributed by atoms with Crippen LogP contribution in [-0.2, 0) is 6.42 Å². The van der Waals surface area contributed by atoms with E-state index < -0.39 is 0 Å². The molecular weight excluding hydrogens is 196 g/mol. The second-order valence-corrected chi connectivity index (χ2v) is 4.27. The molecule has 1 aromatic carbocycles. The number of hydrogen-bond donors (Lipinski definition) is 2. The average Bonchev–Trinajstić information content (AvgIpc) is 2.34. The minimum atomic E-state index is 0.751. The topological polar surface area (TPSA) is 24.1 Å². The molecule has 2 N–H and O–H groups in total. The lowest BCUT2D eigenvalue weighted by Gasteiger charge is -2.14. The van der Waals surface area contributed by atoms with Crippen molar-refractivity contribution < 1.29 is 0 Å². The molecule has 0 aliphatic carbocycles. The van der Waals surface area contributed by atoms with Gasteiger partial charge in [-0.25, -0.2) is 0 Å². The Balaban J connectivity index is 2.11. The molecule has 0 heterocycles. The molecule has 1 unspecified atom stereocenters. The highest BCUT2D eigenvalue weighted by molar-refractivity contribution is 5.14. The Morgan fingerprint density at radius 2 is 1.88 bits per heavy atom. The van der Waals surface area contributed by atoms with Crippen molar-refractivity contribution in [3.8, 4) is 0 Å². The van der Waals surface area contributed by atoms with Crippen LogP contribution in [0.15, 0.2) is 30.3 Å². The summed E-state index contributed by atoms with van der Waals surface area (Å²) >= 11 is 0. The van der Waals surface area contributed by atoms with E-state index in [1.54, 1.807) is 0 Å². The van der Waals surface area contributed by atoms with Gasteiger partial charge in [0.05, 0.1) is 0 Å². The molecule has 16 heavy (non-hydrogen) atoms. The molecule has 1 aromatic rings. The second kappa shape index (κ2) is 8.31. The van der Waals surface area contributed by atoms with Crippen molar-refractivity contribution in [2.24, 2.45) is 5.92 Å². The van der Waals surface area contributed by atoms with E-state index in [1.165, 1.54) is 12.0 Å². The molecule has 2 nitrogen and oxygen atoms in total. The third kappa shape index (κ3) is 5.29. The summed E-state index contributed by atoms with van der Waals surface area (Å²) in [5, 5.41) is 6.77. The maximum absolute atomic E-state index is 3.53. The summed E-state index contributed by atoms with van der Waals surface area (Å²) in [6.45, 7) is 5.55. The normalized spacial score (nSPS) is 12.6. The molecule has 90 valence electrons. The Kier molecular flexibility index (Phi) is 6.86. The van der Waals surface area contributed by atoms with Crippen LogP contribution in [-0.4, -0.2) is 26.7 Å². The maximum Gasteiger partial charge on any atom is -0.000823 e. The van der Waals surface area contributed by atoms with Crippen LogP contribution in [0, 0.1) is 5.92 Å². The van der Waals surface area contributed by atoms with E-state index in [-0.39, 0.29) is 0 Å². The molecule has 0 amide bonds. The van der Waals surface area contributed by atoms with Crippen molar-refractivity contribution in [2.75, 3.05) is 26.7 Å². The Labute approximate surface area is 99.5 Å². The first kappa shape index (κ1) is 13.2. The lowest BCUT2D eigenvalue weighted by molar-refractivity contribution is 0.447. The zero-order chi connectivity index (χ0) is 11.6. The van der Waals surface area contributed by atoms with Gasteiger partial charge in [0, 0.05) is 0 Å². The Morgan fingerprint density at radius 3 is 2.50 bits per heavy atom. The molecular formula is C14H24N2. The zero-order valence-corrected chi connectivity index (χ0v) is 10.5. The summed E-state index contributed by atoms with van der Waals surface area (Å²) in [5.41, 5.74) is 1.41. The van der Waals surface area contributed by atoms with Crippen LogP contribution in [0.5, 0.6) is 0 Å². The molecule has 1 rings (SSSR count). The molecule has 0 aromatic heterocycles. The number of rotatable bonds is 8.